The first-order valence-corrected chi connectivity index (χ1v) is 10.6. The fraction of sp³-hybridized carbons (Fsp3) is 0.158. The summed E-state index contributed by atoms with van der Waals surface area (Å²) in [6, 6.07) is 11.9. The molecule has 1 amide bonds. The van der Waals surface area contributed by atoms with E-state index in [-0.39, 0.29) is 4.90 Å². The monoisotopic (exact) mass is 386 g/mol. The van der Waals surface area contributed by atoms with Crippen molar-refractivity contribution in [2.24, 2.45) is 4.99 Å². The molecule has 1 heterocycles. The molecule has 0 unspecified atom stereocenters. The summed E-state index contributed by atoms with van der Waals surface area (Å²) in [5.41, 5.74) is 2.48. The predicted octanol–water partition coefficient (Wildman–Crippen LogP) is 3.34. The molecule has 0 spiro atoms. The van der Waals surface area contributed by atoms with Crippen LogP contribution in [0, 0.1) is 6.92 Å². The SMILES string of the molecule is C=CCn1c(=NC(=O)c2ccc(S(C)(=O)=O)cc2)sc2cc(C)ccc21. The Balaban J connectivity index is 2.07. The van der Waals surface area contributed by atoms with Gasteiger partial charge in [0.2, 0.25) is 0 Å². The van der Waals surface area contributed by atoms with Crippen LogP contribution in [0.25, 0.3) is 10.2 Å². The van der Waals surface area contributed by atoms with Crippen LogP contribution in [0.3, 0.4) is 0 Å². The fourth-order valence-corrected chi connectivity index (χ4v) is 4.33. The van der Waals surface area contributed by atoms with E-state index in [0.717, 1.165) is 22.0 Å². The van der Waals surface area contributed by atoms with Gasteiger partial charge in [0.1, 0.15) is 0 Å². The number of fused-ring (bicyclic) bond motifs is 1. The minimum atomic E-state index is -3.29. The number of aryl methyl sites for hydroxylation is 1. The van der Waals surface area contributed by atoms with Crippen molar-refractivity contribution in [2.45, 2.75) is 18.4 Å². The number of hydrogen-bond donors (Lipinski definition) is 0. The summed E-state index contributed by atoms with van der Waals surface area (Å²) in [4.78, 5) is 17.5. The first-order valence-electron chi connectivity index (χ1n) is 7.89. The third-order valence-corrected chi connectivity index (χ3v) is 6.05. The summed E-state index contributed by atoms with van der Waals surface area (Å²) < 4.78 is 26.0. The number of thiazole rings is 1. The molecule has 0 radical (unpaired) electrons. The zero-order valence-electron chi connectivity index (χ0n) is 14.5. The summed E-state index contributed by atoms with van der Waals surface area (Å²) >= 11 is 1.44. The van der Waals surface area contributed by atoms with Gasteiger partial charge in [-0.1, -0.05) is 23.5 Å². The largest absolute Gasteiger partial charge is 0.312 e. The summed E-state index contributed by atoms with van der Waals surface area (Å²) in [7, 11) is -3.29. The maximum absolute atomic E-state index is 12.5. The molecule has 0 aliphatic rings. The first kappa shape index (κ1) is 18.3. The second-order valence-corrected chi connectivity index (χ2v) is 8.99. The van der Waals surface area contributed by atoms with Crippen LogP contribution in [-0.4, -0.2) is 25.1 Å². The third kappa shape index (κ3) is 3.68. The first-order chi connectivity index (χ1) is 12.3. The molecule has 134 valence electrons. The van der Waals surface area contributed by atoms with Gasteiger partial charge in [-0.3, -0.25) is 4.79 Å². The van der Waals surface area contributed by atoms with Crippen LogP contribution >= 0.6 is 11.3 Å². The van der Waals surface area contributed by atoms with Crippen LogP contribution in [0.15, 0.2) is 65.0 Å². The van der Waals surface area contributed by atoms with E-state index < -0.39 is 15.7 Å². The van der Waals surface area contributed by atoms with Gasteiger partial charge in [-0.25, -0.2) is 8.42 Å². The average molecular weight is 386 g/mol. The lowest BCUT2D eigenvalue weighted by molar-refractivity contribution is 0.0998. The van der Waals surface area contributed by atoms with Gasteiger partial charge in [0.05, 0.1) is 15.1 Å². The minimum absolute atomic E-state index is 0.174. The molecule has 0 aliphatic heterocycles. The van der Waals surface area contributed by atoms with Gasteiger partial charge >= 0.3 is 0 Å². The predicted molar refractivity (Wildman–Crippen MR) is 104 cm³/mol. The molecule has 1 aromatic heterocycles. The Hall–Kier alpha value is -2.51. The Morgan fingerprint density at radius 3 is 2.54 bits per heavy atom. The molecule has 0 saturated heterocycles. The molecule has 7 heteroatoms. The average Bonchev–Trinajstić information content (AvgIpc) is 2.91. The summed E-state index contributed by atoms with van der Waals surface area (Å²) in [5.74, 6) is -0.411. The van der Waals surface area contributed by atoms with Crippen molar-refractivity contribution in [3.63, 3.8) is 0 Å². The Labute approximate surface area is 155 Å². The number of allylic oxidation sites excluding steroid dienone is 1. The van der Waals surface area contributed by atoms with Gasteiger partial charge < -0.3 is 4.57 Å². The van der Waals surface area contributed by atoms with Crippen LogP contribution in [-0.2, 0) is 16.4 Å². The molecular weight excluding hydrogens is 368 g/mol. The number of rotatable bonds is 4. The maximum atomic E-state index is 12.5. The smallest absolute Gasteiger partial charge is 0.279 e. The lowest BCUT2D eigenvalue weighted by Gasteiger charge is -2.02. The Morgan fingerprint density at radius 2 is 1.92 bits per heavy atom. The number of benzene rings is 2. The quantitative estimate of drug-likeness (QED) is 0.646. The van der Waals surface area contributed by atoms with E-state index in [0.29, 0.717) is 16.9 Å². The molecule has 0 atom stereocenters. The van der Waals surface area contributed by atoms with E-state index in [2.05, 4.69) is 17.6 Å². The van der Waals surface area contributed by atoms with E-state index >= 15 is 0 Å². The molecule has 0 fully saturated rings. The zero-order chi connectivity index (χ0) is 18.9. The van der Waals surface area contributed by atoms with Gasteiger partial charge in [0.25, 0.3) is 5.91 Å². The number of sulfone groups is 1. The highest BCUT2D eigenvalue weighted by Gasteiger charge is 2.11. The van der Waals surface area contributed by atoms with Gasteiger partial charge in [-0.2, -0.15) is 4.99 Å². The van der Waals surface area contributed by atoms with Crippen molar-refractivity contribution in [1.29, 1.82) is 0 Å². The molecule has 3 aromatic rings. The van der Waals surface area contributed by atoms with Crippen molar-refractivity contribution in [3.8, 4) is 0 Å². The van der Waals surface area contributed by atoms with Gasteiger partial charge in [0.15, 0.2) is 14.6 Å². The fourth-order valence-electron chi connectivity index (χ4n) is 2.57. The number of carbonyl (C=O) groups is 1. The van der Waals surface area contributed by atoms with Gasteiger partial charge in [0, 0.05) is 18.4 Å². The second-order valence-electron chi connectivity index (χ2n) is 5.97. The number of aromatic nitrogens is 1. The van der Waals surface area contributed by atoms with E-state index in [9.17, 15) is 13.2 Å². The topological polar surface area (TPSA) is 68.5 Å². The van der Waals surface area contributed by atoms with Crippen LogP contribution in [0.5, 0.6) is 0 Å². The molecule has 26 heavy (non-hydrogen) atoms. The Morgan fingerprint density at radius 1 is 1.23 bits per heavy atom. The number of carbonyl (C=O) groups excluding carboxylic acids is 1. The summed E-state index contributed by atoms with van der Waals surface area (Å²) in [5, 5.41) is 0. The number of hydrogen-bond acceptors (Lipinski definition) is 4. The molecular formula is C19H18N2O3S2. The Kier molecular flexibility index (Phi) is 4.93. The van der Waals surface area contributed by atoms with E-state index in [1.807, 2.05) is 23.6 Å². The Bertz CT molecular complexity index is 1170. The van der Waals surface area contributed by atoms with Crippen molar-refractivity contribution < 1.29 is 13.2 Å². The van der Waals surface area contributed by atoms with E-state index in [1.165, 1.54) is 35.6 Å². The van der Waals surface area contributed by atoms with Crippen LogP contribution < -0.4 is 4.80 Å². The van der Waals surface area contributed by atoms with Crippen LogP contribution in [0.1, 0.15) is 15.9 Å². The molecule has 0 saturated carbocycles. The summed E-state index contributed by atoms with van der Waals surface area (Å²) in [6.45, 7) is 6.33. The normalized spacial score (nSPS) is 12.5. The number of nitrogens with zero attached hydrogens (tertiary/aromatic N) is 2. The molecule has 3 rings (SSSR count). The van der Waals surface area contributed by atoms with Gasteiger partial charge in [-0.15, -0.1) is 6.58 Å². The lowest BCUT2D eigenvalue weighted by atomic mass is 10.2. The highest BCUT2D eigenvalue weighted by molar-refractivity contribution is 7.90. The van der Waals surface area contributed by atoms with Crippen molar-refractivity contribution >= 4 is 37.3 Å². The molecule has 0 bridgehead atoms. The number of amides is 1. The lowest BCUT2D eigenvalue weighted by Crippen LogP contribution is -2.16. The molecule has 2 aromatic carbocycles. The van der Waals surface area contributed by atoms with E-state index in [4.69, 9.17) is 0 Å². The standard InChI is InChI=1S/C19H18N2O3S2/c1-4-11-21-16-10-5-13(2)12-17(16)25-19(21)20-18(22)14-6-8-15(9-7-14)26(3,23)24/h4-10,12H,1,11H2,2-3H3. The van der Waals surface area contributed by atoms with E-state index in [1.54, 1.807) is 6.08 Å². The van der Waals surface area contributed by atoms with Crippen LogP contribution in [0.2, 0.25) is 0 Å². The molecule has 0 N–H and O–H groups in total. The zero-order valence-corrected chi connectivity index (χ0v) is 16.1. The minimum Gasteiger partial charge on any atom is -0.312 e. The highest BCUT2D eigenvalue weighted by atomic mass is 32.2. The van der Waals surface area contributed by atoms with Crippen molar-refractivity contribution in [1.82, 2.24) is 4.57 Å². The maximum Gasteiger partial charge on any atom is 0.279 e. The second kappa shape index (κ2) is 7.01. The van der Waals surface area contributed by atoms with Crippen molar-refractivity contribution in [2.75, 3.05) is 6.26 Å². The third-order valence-electron chi connectivity index (χ3n) is 3.88. The summed E-state index contributed by atoms with van der Waals surface area (Å²) in [6.07, 6.45) is 2.89. The van der Waals surface area contributed by atoms with Gasteiger partial charge in [-0.05, 0) is 48.9 Å². The molecule has 5 nitrogen and oxygen atoms in total. The molecule has 0 aliphatic carbocycles. The highest BCUT2D eigenvalue weighted by Crippen LogP contribution is 2.19. The van der Waals surface area contributed by atoms with Crippen molar-refractivity contribution in [3.05, 3.63) is 71.0 Å². The van der Waals surface area contributed by atoms with Crippen LogP contribution in [0.4, 0.5) is 0 Å².